The molecular weight excluding hydrogens is 278 g/mol. The van der Waals surface area contributed by atoms with E-state index < -0.39 is 9.84 Å². The van der Waals surface area contributed by atoms with Crippen molar-refractivity contribution in [1.82, 2.24) is 15.1 Å². The minimum atomic E-state index is -3.42. The van der Waals surface area contributed by atoms with Crippen LogP contribution in [0.15, 0.2) is 4.90 Å². The summed E-state index contributed by atoms with van der Waals surface area (Å²) in [6.45, 7) is 8.24. The van der Waals surface area contributed by atoms with Crippen LogP contribution >= 0.6 is 0 Å². The summed E-state index contributed by atoms with van der Waals surface area (Å²) in [4.78, 5) is 2.17. The van der Waals surface area contributed by atoms with Crippen LogP contribution in [0.25, 0.3) is 0 Å². The van der Waals surface area contributed by atoms with Crippen LogP contribution in [0.5, 0.6) is 0 Å². The number of nitrogens with zero attached hydrogens (tertiary/aromatic N) is 3. The summed E-state index contributed by atoms with van der Waals surface area (Å²) in [7, 11) is -3.42. The lowest BCUT2D eigenvalue weighted by Crippen LogP contribution is -2.50. The van der Waals surface area contributed by atoms with Gasteiger partial charge in [-0.25, -0.2) is 13.1 Å². The molecule has 0 radical (unpaired) electrons. The molecule has 2 heterocycles. The molecule has 0 aromatic carbocycles. The lowest BCUT2D eigenvalue weighted by Gasteiger charge is -2.34. The van der Waals surface area contributed by atoms with E-state index in [4.69, 9.17) is 5.73 Å². The summed E-state index contributed by atoms with van der Waals surface area (Å²) in [6, 6.07) is 0.196. The van der Waals surface area contributed by atoms with Crippen LogP contribution in [-0.4, -0.2) is 50.1 Å². The number of hydrogen-bond donors (Lipinski definition) is 2. The van der Waals surface area contributed by atoms with Crippen molar-refractivity contribution in [2.45, 2.75) is 37.8 Å². The van der Waals surface area contributed by atoms with Crippen molar-refractivity contribution in [2.75, 3.05) is 36.5 Å². The van der Waals surface area contributed by atoms with E-state index in [0.29, 0.717) is 5.82 Å². The molecule has 114 valence electrons. The summed E-state index contributed by atoms with van der Waals surface area (Å²) < 4.78 is 25.8. The zero-order valence-corrected chi connectivity index (χ0v) is 13.2. The third kappa shape index (κ3) is 2.62. The second kappa shape index (κ2) is 5.25. The van der Waals surface area contributed by atoms with Gasteiger partial charge in [-0.15, -0.1) is 0 Å². The van der Waals surface area contributed by atoms with E-state index in [-0.39, 0.29) is 22.8 Å². The summed E-state index contributed by atoms with van der Waals surface area (Å²) in [5, 5.41) is 7.74. The molecule has 0 bridgehead atoms. The largest absolute Gasteiger partial charge is 0.383 e. The lowest BCUT2D eigenvalue weighted by atomic mass is 10.2. The molecule has 1 aromatic rings. The van der Waals surface area contributed by atoms with Gasteiger partial charge in [0.25, 0.3) is 0 Å². The summed E-state index contributed by atoms with van der Waals surface area (Å²) in [5.74, 6) is 0.705. The van der Waals surface area contributed by atoms with Crippen molar-refractivity contribution in [3.8, 4) is 0 Å². The Morgan fingerprint density at radius 2 is 2.10 bits per heavy atom. The fourth-order valence-electron chi connectivity index (χ4n) is 2.51. The number of nitrogens with one attached hydrogen (secondary N) is 1. The number of hydrogen-bond acceptors (Lipinski definition) is 6. The molecule has 2 rings (SSSR count). The van der Waals surface area contributed by atoms with Gasteiger partial charge in [-0.2, -0.15) is 5.10 Å². The standard InChI is InChI=1S/C12H23N5O2S/c1-8(2)17-11(13)10(20(4,18)19)12(15-17)16-6-5-14-7-9(16)3/h8-9,14H,5-7,13H2,1-4H3. The molecule has 20 heavy (non-hydrogen) atoms. The van der Waals surface area contributed by atoms with Gasteiger partial charge < -0.3 is 16.0 Å². The minimum Gasteiger partial charge on any atom is -0.383 e. The quantitative estimate of drug-likeness (QED) is 0.831. The van der Waals surface area contributed by atoms with Crippen LogP contribution in [0.2, 0.25) is 0 Å². The molecule has 1 saturated heterocycles. The van der Waals surface area contributed by atoms with Crippen LogP contribution < -0.4 is 16.0 Å². The van der Waals surface area contributed by atoms with Gasteiger partial charge in [0.05, 0.1) is 0 Å². The highest BCUT2D eigenvalue weighted by Crippen LogP contribution is 2.33. The molecule has 1 aliphatic heterocycles. The Morgan fingerprint density at radius 3 is 2.60 bits per heavy atom. The van der Waals surface area contributed by atoms with Crippen molar-refractivity contribution in [3.05, 3.63) is 0 Å². The maximum absolute atomic E-state index is 12.1. The molecule has 8 heteroatoms. The Bertz CT molecular complexity index is 593. The van der Waals surface area contributed by atoms with E-state index >= 15 is 0 Å². The first-order valence-corrected chi connectivity index (χ1v) is 8.68. The average molecular weight is 301 g/mol. The molecule has 1 unspecified atom stereocenters. The fraction of sp³-hybridized carbons (Fsp3) is 0.750. The van der Waals surface area contributed by atoms with Crippen LogP contribution in [0.3, 0.4) is 0 Å². The molecule has 3 N–H and O–H groups in total. The molecule has 1 atom stereocenters. The van der Waals surface area contributed by atoms with E-state index in [1.807, 2.05) is 25.7 Å². The number of nitrogens with two attached hydrogens (primary N) is 1. The molecule has 1 aromatic heterocycles. The molecular formula is C12H23N5O2S. The molecule has 0 saturated carbocycles. The summed E-state index contributed by atoms with van der Waals surface area (Å²) in [6.07, 6.45) is 1.18. The first-order valence-electron chi connectivity index (χ1n) is 6.79. The Balaban J connectivity index is 2.59. The highest BCUT2D eigenvalue weighted by molar-refractivity contribution is 7.91. The smallest absolute Gasteiger partial charge is 0.182 e. The molecule has 0 amide bonds. The van der Waals surface area contributed by atoms with Gasteiger partial charge in [0.15, 0.2) is 20.6 Å². The predicted molar refractivity (Wildman–Crippen MR) is 79.8 cm³/mol. The maximum Gasteiger partial charge on any atom is 0.182 e. The van der Waals surface area contributed by atoms with Gasteiger partial charge >= 0.3 is 0 Å². The zero-order valence-electron chi connectivity index (χ0n) is 12.4. The third-order valence-electron chi connectivity index (χ3n) is 3.52. The number of rotatable bonds is 3. The normalized spacial score (nSPS) is 20.6. The Kier molecular flexibility index (Phi) is 3.97. The monoisotopic (exact) mass is 301 g/mol. The van der Waals surface area contributed by atoms with Gasteiger partial charge in [0, 0.05) is 38.0 Å². The first kappa shape index (κ1) is 15.1. The lowest BCUT2D eigenvalue weighted by molar-refractivity contribution is 0.485. The van der Waals surface area contributed by atoms with Gasteiger partial charge in [-0.3, -0.25) is 0 Å². The highest BCUT2D eigenvalue weighted by Gasteiger charge is 2.31. The van der Waals surface area contributed by atoms with Crippen LogP contribution in [0.4, 0.5) is 11.6 Å². The topological polar surface area (TPSA) is 93.2 Å². The van der Waals surface area contributed by atoms with E-state index in [9.17, 15) is 8.42 Å². The molecule has 0 spiro atoms. The van der Waals surface area contributed by atoms with Crippen molar-refractivity contribution < 1.29 is 8.42 Å². The fourth-order valence-corrected chi connectivity index (χ4v) is 3.48. The van der Waals surface area contributed by atoms with Gasteiger partial charge in [-0.05, 0) is 20.8 Å². The van der Waals surface area contributed by atoms with Gasteiger partial charge in [-0.1, -0.05) is 0 Å². The Hall–Kier alpha value is -1.28. The zero-order chi connectivity index (χ0) is 15.1. The predicted octanol–water partition coefficient (Wildman–Crippen LogP) is 0.248. The Morgan fingerprint density at radius 1 is 1.45 bits per heavy atom. The third-order valence-corrected chi connectivity index (χ3v) is 4.65. The van der Waals surface area contributed by atoms with E-state index in [1.54, 1.807) is 4.68 Å². The average Bonchev–Trinajstić information content (AvgIpc) is 2.67. The number of piperazine rings is 1. The minimum absolute atomic E-state index is 0.0162. The SMILES string of the molecule is CC1CNCCN1c1nn(C(C)C)c(N)c1S(C)(=O)=O. The van der Waals surface area contributed by atoms with Crippen LogP contribution in [0, 0.1) is 0 Å². The van der Waals surface area contributed by atoms with Crippen molar-refractivity contribution in [3.63, 3.8) is 0 Å². The van der Waals surface area contributed by atoms with E-state index in [0.717, 1.165) is 19.6 Å². The van der Waals surface area contributed by atoms with Crippen molar-refractivity contribution >= 4 is 21.5 Å². The van der Waals surface area contributed by atoms with Gasteiger partial charge in [0.2, 0.25) is 0 Å². The maximum atomic E-state index is 12.1. The van der Waals surface area contributed by atoms with Crippen LogP contribution in [0.1, 0.15) is 26.8 Å². The Labute approximate surface area is 120 Å². The number of aromatic nitrogens is 2. The number of nitrogen functional groups attached to an aromatic ring is 1. The van der Waals surface area contributed by atoms with Crippen molar-refractivity contribution in [2.24, 2.45) is 0 Å². The molecule has 1 aliphatic rings. The number of sulfone groups is 1. The second-order valence-corrected chi connectivity index (χ2v) is 7.55. The van der Waals surface area contributed by atoms with E-state index in [2.05, 4.69) is 10.4 Å². The molecule has 7 nitrogen and oxygen atoms in total. The summed E-state index contributed by atoms with van der Waals surface area (Å²) >= 11 is 0. The van der Waals surface area contributed by atoms with Gasteiger partial charge in [0.1, 0.15) is 5.82 Å². The van der Waals surface area contributed by atoms with Crippen LogP contribution in [-0.2, 0) is 9.84 Å². The highest BCUT2D eigenvalue weighted by atomic mass is 32.2. The molecule has 0 aliphatic carbocycles. The van der Waals surface area contributed by atoms with E-state index in [1.165, 1.54) is 6.26 Å². The summed E-state index contributed by atoms with van der Waals surface area (Å²) in [5.41, 5.74) is 6.02. The first-order chi connectivity index (χ1) is 9.23. The number of anilines is 2. The second-order valence-electron chi connectivity index (χ2n) is 5.59. The molecule has 1 fully saturated rings. The van der Waals surface area contributed by atoms with Crippen molar-refractivity contribution in [1.29, 1.82) is 0 Å².